The number of fused-ring (bicyclic) bond motifs is 1. The summed E-state index contributed by atoms with van der Waals surface area (Å²) >= 11 is 5.93. The molecule has 7 heteroatoms. The monoisotopic (exact) mass is 367 g/mol. The molecule has 0 spiro atoms. The van der Waals surface area contributed by atoms with Crippen LogP contribution < -0.4 is 11.3 Å². The first-order valence-electron chi connectivity index (χ1n) is 8.39. The molecule has 0 fully saturated rings. The molecule has 1 aromatic carbocycles. The van der Waals surface area contributed by atoms with Crippen LogP contribution in [0.2, 0.25) is 5.02 Å². The summed E-state index contributed by atoms with van der Waals surface area (Å²) in [6.07, 6.45) is 2.60. The number of benzene rings is 1. The topological polar surface area (TPSA) is 87.9 Å². The van der Waals surface area contributed by atoms with Crippen LogP contribution >= 0.6 is 11.6 Å². The second kappa shape index (κ2) is 6.90. The van der Waals surface area contributed by atoms with Crippen molar-refractivity contribution in [3.63, 3.8) is 0 Å². The number of hydrogen-bond donors (Lipinski definition) is 2. The summed E-state index contributed by atoms with van der Waals surface area (Å²) in [4.78, 5) is 25.7. The Morgan fingerprint density at radius 1 is 1.19 bits per heavy atom. The van der Waals surface area contributed by atoms with E-state index in [-0.39, 0.29) is 11.5 Å². The fraction of sp³-hybridized carbons (Fsp3) is 0.211. The number of H-pyrrole nitrogens is 1. The van der Waals surface area contributed by atoms with Crippen molar-refractivity contribution in [1.29, 1.82) is 0 Å². The van der Waals surface area contributed by atoms with E-state index in [1.807, 2.05) is 36.5 Å². The Bertz CT molecular complexity index is 982. The van der Waals surface area contributed by atoms with Gasteiger partial charge in [-0.2, -0.15) is 0 Å². The molecule has 0 atom stereocenters. The fourth-order valence-corrected chi connectivity index (χ4v) is 3.33. The molecule has 0 aliphatic carbocycles. The zero-order valence-electron chi connectivity index (χ0n) is 14.1. The molecule has 0 amide bonds. The number of rotatable bonds is 3. The lowest BCUT2D eigenvalue weighted by Gasteiger charge is -2.27. The summed E-state index contributed by atoms with van der Waals surface area (Å²) in [5.41, 5.74) is 10.0. The third kappa shape index (κ3) is 3.47. The van der Waals surface area contributed by atoms with Gasteiger partial charge in [0.15, 0.2) is 0 Å². The Balaban J connectivity index is 1.48. The maximum atomic E-state index is 12.1. The van der Waals surface area contributed by atoms with Gasteiger partial charge in [0, 0.05) is 42.8 Å². The van der Waals surface area contributed by atoms with E-state index in [2.05, 4.69) is 25.9 Å². The van der Waals surface area contributed by atoms with Gasteiger partial charge in [-0.25, -0.2) is 4.98 Å². The second-order valence-electron chi connectivity index (χ2n) is 6.40. The first-order chi connectivity index (χ1) is 12.6. The maximum absolute atomic E-state index is 12.1. The molecular formula is C19H18ClN5O. The number of nitrogens with zero attached hydrogens (tertiary/aromatic N) is 3. The Labute approximate surface area is 155 Å². The summed E-state index contributed by atoms with van der Waals surface area (Å²) in [5.74, 6) is 0.184. The lowest BCUT2D eigenvalue weighted by atomic mass is 10.1. The minimum Gasteiger partial charge on any atom is -0.369 e. The number of nitrogens with two attached hydrogens (primary N) is 1. The quantitative estimate of drug-likeness (QED) is 0.743. The lowest BCUT2D eigenvalue weighted by Crippen LogP contribution is -2.35. The predicted octanol–water partition coefficient (Wildman–Crippen LogP) is 2.63. The minimum atomic E-state index is -0.145. The van der Waals surface area contributed by atoms with Crippen LogP contribution in [0.3, 0.4) is 0 Å². The largest absolute Gasteiger partial charge is 0.369 e. The molecule has 0 saturated carbocycles. The molecule has 1 aliphatic heterocycles. The molecule has 3 heterocycles. The van der Waals surface area contributed by atoms with E-state index in [0.29, 0.717) is 17.1 Å². The summed E-state index contributed by atoms with van der Waals surface area (Å²) in [5, 5.41) is 0.710. The smallest absolute Gasteiger partial charge is 0.257 e. The molecule has 2 aromatic heterocycles. The van der Waals surface area contributed by atoms with Gasteiger partial charge in [-0.05, 0) is 23.8 Å². The van der Waals surface area contributed by atoms with E-state index in [1.54, 1.807) is 0 Å². The molecule has 0 bridgehead atoms. The van der Waals surface area contributed by atoms with Gasteiger partial charge < -0.3 is 5.73 Å². The third-order valence-electron chi connectivity index (χ3n) is 4.54. The third-order valence-corrected chi connectivity index (χ3v) is 4.79. The van der Waals surface area contributed by atoms with E-state index in [1.165, 1.54) is 0 Å². The van der Waals surface area contributed by atoms with Gasteiger partial charge in [-0.15, -0.1) is 0 Å². The van der Waals surface area contributed by atoms with E-state index in [0.717, 1.165) is 42.0 Å². The zero-order chi connectivity index (χ0) is 18.1. The van der Waals surface area contributed by atoms with Gasteiger partial charge in [-0.3, -0.25) is 19.7 Å². The van der Waals surface area contributed by atoms with Crippen molar-refractivity contribution in [2.24, 2.45) is 0 Å². The summed E-state index contributed by atoms with van der Waals surface area (Å²) in [6.45, 7) is 2.13. The van der Waals surface area contributed by atoms with Gasteiger partial charge in [-0.1, -0.05) is 29.8 Å². The Hall–Kier alpha value is -2.70. The molecule has 4 rings (SSSR count). The number of halogens is 1. The average molecular weight is 368 g/mol. The number of aromatic nitrogens is 3. The number of pyridine rings is 1. The normalized spacial score (nSPS) is 14.2. The number of hydrogen-bond acceptors (Lipinski definition) is 5. The predicted molar refractivity (Wildman–Crippen MR) is 102 cm³/mol. The van der Waals surface area contributed by atoms with E-state index in [9.17, 15) is 4.79 Å². The van der Waals surface area contributed by atoms with Crippen molar-refractivity contribution in [1.82, 2.24) is 19.9 Å². The second-order valence-corrected chi connectivity index (χ2v) is 6.83. The first kappa shape index (κ1) is 16.8. The molecule has 0 saturated heterocycles. The standard InChI is InChI=1S/C19H18ClN5O/c20-14-4-2-13(3-5-14)16-6-1-12(9-22-16)10-25-8-7-17-15(11-25)18(26)24-19(21)23-17/h1-6,9H,7-8,10-11H2,(H3,21,23,24,26). The highest BCUT2D eigenvalue weighted by Crippen LogP contribution is 2.21. The van der Waals surface area contributed by atoms with Crippen LogP contribution in [0.15, 0.2) is 47.4 Å². The van der Waals surface area contributed by atoms with Crippen molar-refractivity contribution in [2.45, 2.75) is 19.5 Å². The van der Waals surface area contributed by atoms with Crippen LogP contribution in [0.4, 0.5) is 5.95 Å². The SMILES string of the molecule is Nc1nc2c(c(=O)[nH]1)CN(Cc1ccc(-c3ccc(Cl)cc3)nc1)CC2. The van der Waals surface area contributed by atoms with Gasteiger partial charge in [0.2, 0.25) is 5.95 Å². The first-order valence-corrected chi connectivity index (χ1v) is 8.77. The van der Waals surface area contributed by atoms with Crippen molar-refractivity contribution < 1.29 is 0 Å². The molecule has 6 nitrogen and oxygen atoms in total. The molecule has 1 aliphatic rings. The van der Waals surface area contributed by atoms with Crippen molar-refractivity contribution >= 4 is 17.5 Å². The molecule has 3 N–H and O–H groups in total. The molecule has 26 heavy (non-hydrogen) atoms. The highest BCUT2D eigenvalue weighted by molar-refractivity contribution is 6.30. The number of aromatic amines is 1. The van der Waals surface area contributed by atoms with Crippen LogP contribution in [0, 0.1) is 0 Å². The lowest BCUT2D eigenvalue weighted by molar-refractivity contribution is 0.241. The van der Waals surface area contributed by atoms with Crippen LogP contribution in [-0.4, -0.2) is 26.4 Å². The van der Waals surface area contributed by atoms with E-state index in [4.69, 9.17) is 17.3 Å². The fourth-order valence-electron chi connectivity index (χ4n) is 3.20. The number of nitrogens with one attached hydrogen (secondary N) is 1. The molecule has 3 aromatic rings. The Kier molecular flexibility index (Phi) is 4.44. The zero-order valence-corrected chi connectivity index (χ0v) is 14.8. The van der Waals surface area contributed by atoms with Gasteiger partial charge in [0.25, 0.3) is 5.56 Å². The summed E-state index contributed by atoms with van der Waals surface area (Å²) < 4.78 is 0. The Morgan fingerprint density at radius 2 is 2.00 bits per heavy atom. The highest BCUT2D eigenvalue weighted by atomic mass is 35.5. The van der Waals surface area contributed by atoms with E-state index < -0.39 is 0 Å². The van der Waals surface area contributed by atoms with Crippen LogP contribution in [-0.2, 0) is 19.5 Å². The van der Waals surface area contributed by atoms with Crippen molar-refractivity contribution in [3.05, 3.63) is 74.8 Å². The van der Waals surface area contributed by atoms with Crippen molar-refractivity contribution in [3.8, 4) is 11.3 Å². The molecule has 0 radical (unpaired) electrons. The van der Waals surface area contributed by atoms with Crippen LogP contribution in [0.25, 0.3) is 11.3 Å². The van der Waals surface area contributed by atoms with Gasteiger partial charge >= 0.3 is 0 Å². The minimum absolute atomic E-state index is 0.145. The number of nitrogen functional groups attached to an aromatic ring is 1. The highest BCUT2D eigenvalue weighted by Gasteiger charge is 2.20. The average Bonchev–Trinajstić information content (AvgIpc) is 2.64. The Morgan fingerprint density at radius 3 is 2.73 bits per heavy atom. The summed E-state index contributed by atoms with van der Waals surface area (Å²) in [6, 6.07) is 11.7. The molecular weight excluding hydrogens is 350 g/mol. The summed E-state index contributed by atoms with van der Waals surface area (Å²) in [7, 11) is 0. The van der Waals surface area contributed by atoms with Gasteiger partial charge in [0.05, 0.1) is 17.0 Å². The molecule has 0 unspecified atom stereocenters. The van der Waals surface area contributed by atoms with Crippen LogP contribution in [0.5, 0.6) is 0 Å². The maximum Gasteiger partial charge on any atom is 0.257 e. The van der Waals surface area contributed by atoms with Crippen LogP contribution in [0.1, 0.15) is 16.8 Å². The molecule has 132 valence electrons. The van der Waals surface area contributed by atoms with Crippen molar-refractivity contribution in [2.75, 3.05) is 12.3 Å². The number of anilines is 1. The van der Waals surface area contributed by atoms with Gasteiger partial charge in [0.1, 0.15) is 0 Å². The van der Waals surface area contributed by atoms with E-state index >= 15 is 0 Å².